The molecule has 2 heterocycles. The molecular weight excluding hydrogens is 435 g/mol. The number of hydrogen-bond acceptors (Lipinski definition) is 5. The maximum Gasteiger partial charge on any atom is 0.417 e. The van der Waals surface area contributed by atoms with Crippen LogP contribution in [0.5, 0.6) is 0 Å². The summed E-state index contributed by atoms with van der Waals surface area (Å²) in [5.74, 6) is -0.426. The molecule has 2 aromatic rings. The number of aromatic nitrogens is 3. The first kappa shape index (κ1) is 21.5. The van der Waals surface area contributed by atoms with Crippen LogP contribution in [-0.2, 0) is 16.2 Å². The summed E-state index contributed by atoms with van der Waals surface area (Å²) in [6.07, 6.45) is -3.63. The Bertz CT molecular complexity index is 1010. The molecule has 1 aromatic heterocycles. The van der Waals surface area contributed by atoms with Gasteiger partial charge in [0.05, 0.1) is 16.7 Å². The monoisotopic (exact) mass is 451 g/mol. The second-order valence-electron chi connectivity index (χ2n) is 6.74. The third-order valence-corrected chi connectivity index (χ3v) is 6.93. The minimum absolute atomic E-state index is 0.0137. The summed E-state index contributed by atoms with van der Waals surface area (Å²) in [5.41, 5.74) is -1.15. The van der Waals surface area contributed by atoms with Crippen molar-refractivity contribution >= 4 is 27.5 Å². The quantitative estimate of drug-likeness (QED) is 0.772. The number of amides is 1. The van der Waals surface area contributed by atoms with Crippen molar-refractivity contribution in [1.29, 1.82) is 0 Å². The minimum atomic E-state index is -4.87. The first-order chi connectivity index (χ1) is 13.4. The molecule has 0 radical (unpaired) electrons. The van der Waals surface area contributed by atoms with Crippen LogP contribution < -0.4 is 0 Å². The van der Waals surface area contributed by atoms with Crippen LogP contribution in [0, 0.1) is 0 Å². The largest absolute Gasteiger partial charge is 0.417 e. The molecule has 0 bridgehead atoms. The molecule has 8 nitrogen and oxygen atoms in total. The summed E-state index contributed by atoms with van der Waals surface area (Å²) < 4.78 is 67.3. The smallest absolute Gasteiger partial charge is 0.332 e. The molecule has 1 amide bonds. The number of carbonyl (C=O) groups is 1. The Morgan fingerprint density at radius 1 is 1.24 bits per heavy atom. The van der Waals surface area contributed by atoms with Gasteiger partial charge >= 0.3 is 6.18 Å². The number of halogens is 4. The van der Waals surface area contributed by atoms with Crippen molar-refractivity contribution in [1.82, 2.24) is 24.6 Å². The Kier molecular flexibility index (Phi) is 5.62. The number of carbonyl (C=O) groups excluding carboxylic acids is 1. The normalized spacial score (nSPS) is 21.4. The molecule has 0 saturated carbocycles. The zero-order valence-electron chi connectivity index (χ0n) is 15.3. The Hall–Kier alpha value is -2.18. The molecule has 0 unspecified atom stereocenters. The molecule has 158 valence electrons. The highest BCUT2D eigenvalue weighted by atomic mass is 35.5. The molecule has 1 aliphatic rings. The summed E-state index contributed by atoms with van der Waals surface area (Å²) in [6.45, 7) is 2.94. The van der Waals surface area contributed by atoms with Gasteiger partial charge in [0.15, 0.2) is 0 Å². The molecule has 1 aromatic carbocycles. The van der Waals surface area contributed by atoms with Crippen LogP contribution in [0.1, 0.15) is 29.9 Å². The lowest BCUT2D eigenvalue weighted by Crippen LogP contribution is -2.59. The van der Waals surface area contributed by atoms with Crippen LogP contribution in [0.2, 0.25) is 5.02 Å². The summed E-state index contributed by atoms with van der Waals surface area (Å²) in [4.78, 5) is 13.1. The van der Waals surface area contributed by atoms with Gasteiger partial charge in [-0.2, -0.15) is 17.5 Å². The van der Waals surface area contributed by atoms with Gasteiger partial charge in [-0.25, -0.2) is 8.42 Å². The molecule has 1 aliphatic heterocycles. The minimum Gasteiger partial charge on any atom is -0.332 e. The van der Waals surface area contributed by atoms with Crippen LogP contribution in [0.3, 0.4) is 0 Å². The average Bonchev–Trinajstić information content (AvgIpc) is 3.16. The standard InChI is InChI=1S/C16H17ClF3N5O3S/c1-9-8-25(10(2)7-24(9)15(26)13-6-21-23-22-13)29(27,28)14-5-11(17)3-4-12(14)16(18,19)20/h3-6,9-10H,7-8H2,1-2H3,(H,21,22,23)/t9-,10+/m0/s1. The van der Waals surface area contributed by atoms with Crippen molar-refractivity contribution in [3.8, 4) is 0 Å². The zero-order chi connectivity index (χ0) is 21.6. The van der Waals surface area contributed by atoms with Crippen LogP contribution in [-0.4, -0.2) is 64.1 Å². The fraction of sp³-hybridized carbons (Fsp3) is 0.438. The first-order valence-electron chi connectivity index (χ1n) is 8.48. The number of nitrogens with one attached hydrogen (secondary N) is 1. The number of benzene rings is 1. The van der Waals surface area contributed by atoms with E-state index in [9.17, 15) is 26.4 Å². The van der Waals surface area contributed by atoms with E-state index in [-0.39, 0.29) is 23.8 Å². The van der Waals surface area contributed by atoms with Crippen LogP contribution in [0.25, 0.3) is 0 Å². The average molecular weight is 452 g/mol. The number of hydrogen-bond donors (Lipinski definition) is 1. The van der Waals surface area contributed by atoms with Crippen LogP contribution in [0.15, 0.2) is 29.3 Å². The lowest BCUT2D eigenvalue weighted by molar-refractivity contribution is -0.139. The van der Waals surface area contributed by atoms with Gasteiger partial charge in [-0.05, 0) is 32.0 Å². The van der Waals surface area contributed by atoms with E-state index in [1.54, 1.807) is 6.92 Å². The SMILES string of the molecule is C[C@@H]1CN(C(=O)c2cnn[nH]2)[C@@H](C)CN1S(=O)(=O)c1cc(Cl)ccc1C(F)(F)F. The number of aromatic amines is 1. The Morgan fingerprint density at radius 2 is 1.93 bits per heavy atom. The second kappa shape index (κ2) is 7.58. The number of alkyl halides is 3. The molecule has 3 rings (SSSR count). The van der Waals surface area contributed by atoms with E-state index >= 15 is 0 Å². The van der Waals surface area contributed by atoms with Gasteiger partial charge in [-0.3, -0.25) is 9.89 Å². The van der Waals surface area contributed by atoms with E-state index in [1.807, 2.05) is 0 Å². The number of sulfonamides is 1. The molecule has 1 N–H and O–H groups in total. The predicted molar refractivity (Wildman–Crippen MR) is 96.7 cm³/mol. The lowest BCUT2D eigenvalue weighted by atomic mass is 10.1. The highest BCUT2D eigenvalue weighted by Gasteiger charge is 2.43. The van der Waals surface area contributed by atoms with Crippen molar-refractivity contribution in [3.05, 3.63) is 40.7 Å². The molecule has 1 fully saturated rings. The predicted octanol–water partition coefficient (Wildman–Crippen LogP) is 2.40. The summed E-state index contributed by atoms with van der Waals surface area (Å²) in [6, 6.07) is 1.07. The fourth-order valence-corrected chi connectivity index (χ4v) is 5.42. The van der Waals surface area contributed by atoms with E-state index in [4.69, 9.17) is 11.6 Å². The fourth-order valence-electron chi connectivity index (χ4n) is 3.24. The van der Waals surface area contributed by atoms with E-state index < -0.39 is 44.6 Å². The molecular formula is C16H17ClF3N5O3S. The summed E-state index contributed by atoms with van der Waals surface area (Å²) >= 11 is 5.78. The third kappa shape index (κ3) is 4.09. The van der Waals surface area contributed by atoms with Crippen molar-refractivity contribution in [2.24, 2.45) is 0 Å². The number of nitrogens with zero attached hydrogens (tertiary/aromatic N) is 4. The maximum absolute atomic E-state index is 13.4. The summed E-state index contributed by atoms with van der Waals surface area (Å²) in [7, 11) is -4.52. The molecule has 1 saturated heterocycles. The highest BCUT2D eigenvalue weighted by molar-refractivity contribution is 7.89. The molecule has 0 aliphatic carbocycles. The van der Waals surface area contributed by atoms with Gasteiger partial charge in [0, 0.05) is 30.2 Å². The van der Waals surface area contributed by atoms with Gasteiger partial charge in [-0.1, -0.05) is 16.8 Å². The van der Waals surface area contributed by atoms with Crippen molar-refractivity contribution in [3.63, 3.8) is 0 Å². The van der Waals surface area contributed by atoms with Gasteiger partial charge in [0.25, 0.3) is 5.91 Å². The number of H-pyrrole nitrogens is 1. The first-order valence-corrected chi connectivity index (χ1v) is 10.3. The van der Waals surface area contributed by atoms with Crippen molar-refractivity contribution in [2.45, 2.75) is 37.0 Å². The Labute approximate surface area is 169 Å². The zero-order valence-corrected chi connectivity index (χ0v) is 16.9. The van der Waals surface area contributed by atoms with E-state index in [0.717, 1.165) is 16.4 Å². The Balaban J connectivity index is 1.94. The van der Waals surface area contributed by atoms with E-state index in [2.05, 4.69) is 15.4 Å². The van der Waals surface area contributed by atoms with Crippen molar-refractivity contribution in [2.75, 3.05) is 13.1 Å². The maximum atomic E-state index is 13.4. The second-order valence-corrected chi connectivity index (χ2v) is 9.03. The molecule has 29 heavy (non-hydrogen) atoms. The molecule has 2 atom stereocenters. The van der Waals surface area contributed by atoms with Crippen LogP contribution in [0.4, 0.5) is 13.2 Å². The number of rotatable bonds is 3. The highest BCUT2D eigenvalue weighted by Crippen LogP contribution is 2.37. The van der Waals surface area contributed by atoms with E-state index in [1.165, 1.54) is 18.0 Å². The topological polar surface area (TPSA) is 99.3 Å². The number of piperazine rings is 1. The van der Waals surface area contributed by atoms with Crippen molar-refractivity contribution < 1.29 is 26.4 Å². The van der Waals surface area contributed by atoms with Gasteiger partial charge in [0.2, 0.25) is 10.0 Å². The third-order valence-electron chi connectivity index (χ3n) is 4.67. The van der Waals surface area contributed by atoms with Gasteiger partial charge in [0.1, 0.15) is 5.69 Å². The van der Waals surface area contributed by atoms with Gasteiger partial charge in [-0.15, -0.1) is 5.10 Å². The molecule has 0 spiro atoms. The van der Waals surface area contributed by atoms with Gasteiger partial charge < -0.3 is 4.90 Å². The molecule has 13 heteroatoms. The van der Waals surface area contributed by atoms with Crippen LogP contribution >= 0.6 is 11.6 Å². The van der Waals surface area contributed by atoms with E-state index in [0.29, 0.717) is 6.07 Å². The Morgan fingerprint density at radius 3 is 2.52 bits per heavy atom. The lowest BCUT2D eigenvalue weighted by Gasteiger charge is -2.43. The summed E-state index contributed by atoms with van der Waals surface area (Å²) in [5, 5.41) is 9.32.